The fraction of sp³-hybridized carbons (Fsp3) is 0.476. The van der Waals surface area contributed by atoms with Gasteiger partial charge in [0.15, 0.2) is 0 Å². The van der Waals surface area contributed by atoms with E-state index in [-0.39, 0.29) is 36.0 Å². The molecule has 0 saturated carbocycles. The van der Waals surface area contributed by atoms with Crippen molar-refractivity contribution in [2.45, 2.75) is 111 Å². The average molecular weight is 914 g/mol. The Labute approximate surface area is 329 Å². The summed E-state index contributed by atoms with van der Waals surface area (Å²) in [6, 6.07) is -0.898. The summed E-state index contributed by atoms with van der Waals surface area (Å²) in [5.74, 6) is 0.289. The van der Waals surface area contributed by atoms with Crippen LogP contribution in [-0.2, 0) is 42.1 Å². The monoisotopic (exact) mass is 914 g/mol. The molecular weight excluding hydrogens is 859 g/mol. The zero-order chi connectivity index (χ0) is 38.1. The fourth-order valence-electron chi connectivity index (χ4n) is 10.6. The van der Waals surface area contributed by atoms with Crippen LogP contribution in [0.15, 0.2) is 92.2 Å². The minimum atomic E-state index is -1.75. The van der Waals surface area contributed by atoms with Crippen LogP contribution >= 0.6 is 0 Å². The Kier molecular flexibility index (Phi) is 12.5. The van der Waals surface area contributed by atoms with Gasteiger partial charge in [-0.2, -0.15) is 0 Å². The van der Waals surface area contributed by atoms with Crippen LogP contribution in [0.4, 0.5) is 0 Å². The topological polar surface area (TPSA) is 116 Å². The predicted octanol–water partition coefficient (Wildman–Crippen LogP) is 5.23. The molecule has 278 valence electrons. The molecule has 0 heterocycles. The van der Waals surface area contributed by atoms with Gasteiger partial charge in [0.1, 0.15) is 0 Å². The molecule has 0 fully saturated rings. The van der Waals surface area contributed by atoms with Crippen LogP contribution in [0.1, 0.15) is 53.4 Å². The quantitative estimate of drug-likeness (QED) is 0.159. The Bertz CT molecular complexity index is 1780. The van der Waals surface area contributed by atoms with E-state index in [1.165, 1.54) is 66.1 Å². The van der Waals surface area contributed by atoms with Crippen LogP contribution in [0, 0.1) is 11.8 Å². The third-order valence-corrected chi connectivity index (χ3v) is 24.3. The second-order valence-electron chi connectivity index (χ2n) is 15.7. The van der Waals surface area contributed by atoms with Crippen molar-refractivity contribution >= 4 is 52.8 Å². The van der Waals surface area contributed by atoms with E-state index in [1.54, 1.807) is 0 Å². The maximum atomic E-state index is 12.2. The van der Waals surface area contributed by atoms with Gasteiger partial charge in [0, 0.05) is 0 Å². The van der Waals surface area contributed by atoms with Crippen LogP contribution in [0.3, 0.4) is 0 Å². The van der Waals surface area contributed by atoms with E-state index in [1.807, 2.05) is 0 Å². The summed E-state index contributed by atoms with van der Waals surface area (Å²) in [5, 5.41) is 15.4. The molecule has 8 nitrogen and oxygen atoms in total. The summed E-state index contributed by atoms with van der Waals surface area (Å²) in [6.45, 7) is 18.6. The fourth-order valence-corrected chi connectivity index (χ4v) is 21.8. The number of carbonyl (C=O) groups excluding carboxylic acids is 4. The van der Waals surface area contributed by atoms with Gasteiger partial charge in [0.2, 0.25) is 0 Å². The molecule has 4 N–H and O–H groups in total. The van der Waals surface area contributed by atoms with Gasteiger partial charge in [-0.25, -0.2) is 0 Å². The third-order valence-electron chi connectivity index (χ3n) is 12.5. The van der Waals surface area contributed by atoms with Crippen molar-refractivity contribution in [2.75, 3.05) is 0 Å². The molecule has 0 saturated heterocycles. The molecule has 0 aromatic rings. The molecule has 4 amide bonds. The first-order valence-corrected chi connectivity index (χ1v) is 28.1. The van der Waals surface area contributed by atoms with E-state index in [4.69, 9.17) is 0 Å². The van der Waals surface area contributed by atoms with Gasteiger partial charge in [0.25, 0.3) is 0 Å². The summed E-state index contributed by atoms with van der Waals surface area (Å²) in [6.07, 6.45) is 19.9. The summed E-state index contributed by atoms with van der Waals surface area (Å²) in [7, 11) is -1.96. The first-order chi connectivity index (χ1) is 25.5. The van der Waals surface area contributed by atoms with Crippen molar-refractivity contribution in [3.05, 3.63) is 92.2 Å². The standard InChI is InChI=1S/2C21H27N2O2Si.Hf/c2*1-13-9-16-10-17(22-11-24)20(23-12-25)21(26(3)4)14(2)19(16)18(13)15-7-5-6-8-15;/h2*5-7,9,11-12,14,17,20H,8,10H2,1-4H3,(H,22,24)(H,23,25);. The molecule has 6 aliphatic carbocycles. The summed E-state index contributed by atoms with van der Waals surface area (Å²) in [4.78, 5) is 48.6. The van der Waals surface area contributed by atoms with Gasteiger partial charge >= 0.3 is 331 Å². The second kappa shape index (κ2) is 16.7. The van der Waals surface area contributed by atoms with Crippen molar-refractivity contribution in [1.29, 1.82) is 0 Å². The molecule has 0 aromatic heterocycles. The first-order valence-electron chi connectivity index (χ1n) is 19.0. The molecular formula is C42H54HfN4O4Si2. The van der Waals surface area contributed by atoms with Crippen LogP contribution in [-0.4, -0.2) is 77.0 Å². The molecule has 0 spiro atoms. The molecule has 8 atom stereocenters. The summed E-state index contributed by atoms with van der Waals surface area (Å²) >= 11 is -1.75. The van der Waals surface area contributed by atoms with Crippen molar-refractivity contribution in [3.8, 4) is 0 Å². The zero-order valence-corrected chi connectivity index (χ0v) is 37.9. The molecule has 0 aliphatic heterocycles. The maximum absolute atomic E-state index is 12.2. The Morgan fingerprint density at radius 2 is 1.00 bits per heavy atom. The van der Waals surface area contributed by atoms with E-state index in [0.717, 1.165) is 38.5 Å². The van der Waals surface area contributed by atoms with Gasteiger partial charge in [-0.1, -0.05) is 0 Å². The van der Waals surface area contributed by atoms with Crippen molar-refractivity contribution in [2.24, 2.45) is 11.8 Å². The van der Waals surface area contributed by atoms with Crippen molar-refractivity contribution in [1.82, 2.24) is 21.3 Å². The molecule has 6 aliphatic rings. The van der Waals surface area contributed by atoms with E-state index in [0.29, 0.717) is 20.2 Å². The molecule has 0 bridgehead atoms. The molecule has 11 heteroatoms. The molecule has 8 unspecified atom stereocenters. The molecule has 6 rings (SSSR count). The molecule has 0 radical (unpaired) electrons. The zero-order valence-electron chi connectivity index (χ0n) is 32.4. The van der Waals surface area contributed by atoms with Gasteiger partial charge in [-0.3, -0.25) is 0 Å². The number of nitrogens with one attached hydrogen (secondary N) is 4. The third kappa shape index (κ3) is 7.10. The minimum absolute atomic E-state index is 0.145. The predicted molar refractivity (Wildman–Crippen MR) is 215 cm³/mol. The van der Waals surface area contributed by atoms with Gasteiger partial charge in [-0.15, -0.1) is 0 Å². The Morgan fingerprint density at radius 1 is 0.623 bits per heavy atom. The average Bonchev–Trinajstić information content (AvgIpc) is 3.90. The van der Waals surface area contributed by atoms with E-state index in [2.05, 4.69) is 112 Å². The SMILES string of the molecule is CC1=C(C2=CC=CC2)C2=C(CC(NC=O)C(NC=O)C(=[Si](C)C)C2C)[CH]1[Hf][CH]1C(C)=C(C2=CC=CC2)C2=C1CC(NC=O)C(NC=O)C(=[Si](C)C)C2C. The van der Waals surface area contributed by atoms with Gasteiger partial charge in [0.05, 0.1) is 0 Å². The summed E-state index contributed by atoms with van der Waals surface area (Å²) in [5.41, 5.74) is 14.3. The Hall–Kier alpha value is -3.16. The van der Waals surface area contributed by atoms with Crippen LogP contribution in [0.2, 0.25) is 33.5 Å². The number of rotatable bonds is 12. The van der Waals surface area contributed by atoms with E-state index >= 15 is 0 Å². The molecule has 53 heavy (non-hydrogen) atoms. The molecule has 0 aromatic carbocycles. The second-order valence-corrected chi connectivity index (χ2v) is 26.2. The number of amides is 4. The normalized spacial score (nSPS) is 30.7. The number of hydrogen-bond acceptors (Lipinski definition) is 4. The Morgan fingerprint density at radius 3 is 1.30 bits per heavy atom. The van der Waals surface area contributed by atoms with Gasteiger partial charge in [-0.05, 0) is 0 Å². The summed E-state index contributed by atoms with van der Waals surface area (Å²) < 4.78 is 0.647. The first kappa shape index (κ1) is 39.5. The van der Waals surface area contributed by atoms with Crippen molar-refractivity contribution < 1.29 is 42.1 Å². The van der Waals surface area contributed by atoms with Crippen LogP contribution < -0.4 is 21.3 Å². The van der Waals surface area contributed by atoms with Gasteiger partial charge < -0.3 is 0 Å². The number of carbonyl (C=O) groups is 4. The van der Waals surface area contributed by atoms with E-state index in [9.17, 15) is 19.2 Å². The van der Waals surface area contributed by atoms with Crippen LogP contribution in [0.25, 0.3) is 0 Å². The number of allylic oxidation sites excluding steroid dienone is 14. The van der Waals surface area contributed by atoms with E-state index < -0.39 is 39.7 Å². The Balaban J connectivity index is 1.55. The number of hydrogen-bond donors (Lipinski definition) is 4. The van der Waals surface area contributed by atoms with Crippen molar-refractivity contribution in [3.63, 3.8) is 0 Å². The van der Waals surface area contributed by atoms with Crippen LogP contribution in [0.5, 0.6) is 0 Å².